The van der Waals surface area contributed by atoms with E-state index in [0.29, 0.717) is 6.42 Å². The number of aliphatic carboxylic acids is 1. The first-order valence-corrected chi connectivity index (χ1v) is 7.90. The van der Waals surface area contributed by atoms with E-state index in [4.69, 9.17) is 9.84 Å². The smallest absolute Gasteiger partial charge is 0.328 e. The van der Waals surface area contributed by atoms with Gasteiger partial charge in [-0.2, -0.15) is 0 Å². The number of rotatable bonds is 7. The van der Waals surface area contributed by atoms with Crippen molar-refractivity contribution in [3.8, 4) is 0 Å². The van der Waals surface area contributed by atoms with Crippen LogP contribution in [0, 0.1) is 6.92 Å². The van der Waals surface area contributed by atoms with Gasteiger partial charge < -0.3 is 15.2 Å². The Morgan fingerprint density at radius 1 is 1.35 bits per heavy atom. The molecular formula is C16H18N2O4S. The second kappa shape index (κ2) is 7.85. The van der Waals surface area contributed by atoms with Gasteiger partial charge in [-0.25, -0.2) is 9.78 Å². The van der Waals surface area contributed by atoms with Crippen molar-refractivity contribution < 1.29 is 19.4 Å². The van der Waals surface area contributed by atoms with E-state index in [-0.39, 0.29) is 12.3 Å². The molecule has 0 saturated carbocycles. The average Bonchev–Trinajstić information content (AvgIpc) is 2.97. The molecule has 1 aromatic carbocycles. The molecule has 122 valence electrons. The summed E-state index contributed by atoms with van der Waals surface area (Å²) in [6.45, 7) is 1.93. The predicted molar refractivity (Wildman–Crippen MR) is 86.9 cm³/mol. The van der Waals surface area contributed by atoms with Crippen molar-refractivity contribution in [2.75, 3.05) is 13.7 Å². The Labute approximate surface area is 138 Å². The van der Waals surface area contributed by atoms with E-state index in [0.717, 1.165) is 10.6 Å². The lowest BCUT2D eigenvalue weighted by atomic mass is 10.1. The van der Waals surface area contributed by atoms with Gasteiger partial charge in [0.05, 0.1) is 11.6 Å². The fourth-order valence-corrected chi connectivity index (χ4v) is 2.76. The zero-order chi connectivity index (χ0) is 16.8. The third-order valence-corrected chi connectivity index (χ3v) is 4.05. The Morgan fingerprint density at radius 3 is 2.65 bits per heavy atom. The topological polar surface area (TPSA) is 88.5 Å². The largest absolute Gasteiger partial charge is 0.480 e. The number of ether oxygens (including phenoxy) is 1. The van der Waals surface area contributed by atoms with Crippen molar-refractivity contribution in [2.45, 2.75) is 19.4 Å². The van der Waals surface area contributed by atoms with Gasteiger partial charge in [0.2, 0.25) is 0 Å². The quantitative estimate of drug-likeness (QED) is 0.807. The molecule has 1 aromatic heterocycles. The summed E-state index contributed by atoms with van der Waals surface area (Å²) >= 11 is 1.38. The molecule has 2 N–H and O–H groups in total. The number of carbonyl (C=O) groups excluding carboxylic acids is 1. The third-order valence-electron chi connectivity index (χ3n) is 3.20. The van der Waals surface area contributed by atoms with Crippen LogP contribution < -0.4 is 5.32 Å². The molecule has 1 atom stereocenters. The van der Waals surface area contributed by atoms with Gasteiger partial charge in [-0.15, -0.1) is 11.3 Å². The summed E-state index contributed by atoms with van der Waals surface area (Å²) in [7, 11) is 1.38. The van der Waals surface area contributed by atoms with Crippen molar-refractivity contribution in [3.05, 3.63) is 51.5 Å². The summed E-state index contributed by atoms with van der Waals surface area (Å²) in [6.07, 6.45) is 0.638. The Hall–Kier alpha value is -2.25. The van der Waals surface area contributed by atoms with E-state index in [2.05, 4.69) is 10.3 Å². The second-order valence-electron chi connectivity index (χ2n) is 5.11. The lowest BCUT2D eigenvalue weighted by molar-refractivity contribution is -0.140. The van der Waals surface area contributed by atoms with Crippen LogP contribution in [0.5, 0.6) is 0 Å². The average molecular weight is 334 g/mol. The first-order valence-electron chi connectivity index (χ1n) is 7.02. The van der Waals surface area contributed by atoms with Crippen molar-refractivity contribution >= 4 is 23.2 Å². The number of carboxylic acids is 1. The number of carbonyl (C=O) groups is 2. The van der Waals surface area contributed by atoms with Gasteiger partial charge in [0, 0.05) is 18.9 Å². The SMILES string of the molecule is COCC(NC(=O)c1csc(Cc2ccc(C)cc2)n1)C(=O)O. The monoisotopic (exact) mass is 334 g/mol. The van der Waals surface area contributed by atoms with Crippen LogP contribution in [-0.2, 0) is 16.0 Å². The molecular weight excluding hydrogens is 316 g/mol. The first kappa shape index (κ1) is 17.1. The molecule has 0 saturated heterocycles. The standard InChI is InChI=1S/C16H18N2O4S/c1-10-3-5-11(6-4-10)7-14-17-13(9-23-14)15(19)18-12(8-22-2)16(20)21/h3-6,9,12H,7-8H2,1-2H3,(H,18,19)(H,20,21). The molecule has 7 heteroatoms. The predicted octanol–water partition coefficient (Wildman–Crippen LogP) is 1.87. The number of benzene rings is 1. The molecule has 1 heterocycles. The molecule has 0 fully saturated rings. The number of nitrogens with zero attached hydrogens (tertiary/aromatic N) is 1. The minimum absolute atomic E-state index is 0.0958. The van der Waals surface area contributed by atoms with Crippen molar-refractivity contribution in [2.24, 2.45) is 0 Å². The Kier molecular flexibility index (Phi) is 5.84. The number of amides is 1. The van der Waals surface area contributed by atoms with Crippen molar-refractivity contribution in [3.63, 3.8) is 0 Å². The van der Waals surface area contributed by atoms with E-state index < -0.39 is 17.9 Å². The van der Waals surface area contributed by atoms with Gasteiger partial charge in [0.15, 0.2) is 6.04 Å². The van der Waals surface area contributed by atoms with Crippen LogP contribution in [0.15, 0.2) is 29.6 Å². The molecule has 1 amide bonds. The summed E-state index contributed by atoms with van der Waals surface area (Å²) in [5.41, 5.74) is 2.52. The summed E-state index contributed by atoms with van der Waals surface area (Å²) < 4.78 is 4.78. The summed E-state index contributed by atoms with van der Waals surface area (Å²) in [6, 6.07) is 7.01. The van der Waals surface area contributed by atoms with Crippen LogP contribution >= 0.6 is 11.3 Å². The molecule has 0 aliphatic rings. The first-order chi connectivity index (χ1) is 11.0. The number of carboxylic acid groups (broad SMARTS) is 1. The number of hydrogen-bond acceptors (Lipinski definition) is 5. The van der Waals surface area contributed by atoms with Crippen LogP contribution in [0.1, 0.15) is 26.6 Å². The van der Waals surface area contributed by atoms with Crippen LogP contribution in [0.4, 0.5) is 0 Å². The Bertz CT molecular complexity index is 682. The lowest BCUT2D eigenvalue weighted by Gasteiger charge is -2.12. The van der Waals surface area contributed by atoms with Gasteiger partial charge in [0.25, 0.3) is 5.91 Å². The number of thiazole rings is 1. The number of nitrogens with one attached hydrogen (secondary N) is 1. The van der Waals surface area contributed by atoms with Gasteiger partial charge in [-0.05, 0) is 12.5 Å². The van der Waals surface area contributed by atoms with Gasteiger partial charge in [0.1, 0.15) is 5.69 Å². The van der Waals surface area contributed by atoms with Crippen molar-refractivity contribution in [1.29, 1.82) is 0 Å². The van der Waals surface area contributed by atoms with E-state index in [9.17, 15) is 9.59 Å². The molecule has 0 aliphatic carbocycles. The zero-order valence-corrected chi connectivity index (χ0v) is 13.7. The molecule has 2 aromatic rings. The summed E-state index contributed by atoms with van der Waals surface area (Å²) in [5.74, 6) is -1.66. The van der Waals surface area contributed by atoms with E-state index >= 15 is 0 Å². The molecule has 0 bridgehead atoms. The highest BCUT2D eigenvalue weighted by Crippen LogP contribution is 2.15. The molecule has 2 rings (SSSR count). The molecule has 1 unspecified atom stereocenters. The van der Waals surface area contributed by atoms with E-state index in [1.54, 1.807) is 5.38 Å². The number of methoxy groups -OCH3 is 1. The molecule has 23 heavy (non-hydrogen) atoms. The zero-order valence-electron chi connectivity index (χ0n) is 12.9. The minimum atomic E-state index is -1.14. The summed E-state index contributed by atoms with van der Waals surface area (Å²) in [5, 5.41) is 13.8. The fourth-order valence-electron chi connectivity index (χ4n) is 1.95. The maximum absolute atomic E-state index is 12.1. The number of hydrogen-bond donors (Lipinski definition) is 2. The highest BCUT2D eigenvalue weighted by Gasteiger charge is 2.21. The molecule has 0 aliphatic heterocycles. The van der Waals surface area contributed by atoms with Crippen molar-refractivity contribution in [1.82, 2.24) is 10.3 Å². The van der Waals surface area contributed by atoms with Gasteiger partial charge in [-0.1, -0.05) is 29.8 Å². The highest BCUT2D eigenvalue weighted by atomic mass is 32.1. The highest BCUT2D eigenvalue weighted by molar-refractivity contribution is 7.09. The van der Waals surface area contributed by atoms with Crippen LogP contribution in [0.25, 0.3) is 0 Å². The molecule has 6 nitrogen and oxygen atoms in total. The lowest BCUT2D eigenvalue weighted by Crippen LogP contribution is -2.43. The minimum Gasteiger partial charge on any atom is -0.480 e. The van der Waals surface area contributed by atoms with E-state index in [1.807, 2.05) is 31.2 Å². The Balaban J connectivity index is 2.01. The van der Waals surface area contributed by atoms with Crippen LogP contribution in [0.2, 0.25) is 0 Å². The number of aryl methyl sites for hydroxylation is 1. The normalized spacial score (nSPS) is 11.9. The number of aromatic nitrogens is 1. The summed E-state index contributed by atoms with van der Waals surface area (Å²) in [4.78, 5) is 27.3. The third kappa shape index (κ3) is 4.87. The molecule has 0 spiro atoms. The van der Waals surface area contributed by atoms with Gasteiger partial charge >= 0.3 is 5.97 Å². The Morgan fingerprint density at radius 2 is 2.04 bits per heavy atom. The maximum Gasteiger partial charge on any atom is 0.328 e. The van der Waals surface area contributed by atoms with E-state index in [1.165, 1.54) is 24.0 Å². The second-order valence-corrected chi connectivity index (χ2v) is 6.05. The van der Waals surface area contributed by atoms with Crippen LogP contribution in [-0.4, -0.2) is 41.7 Å². The fraction of sp³-hybridized carbons (Fsp3) is 0.312. The van der Waals surface area contributed by atoms with Crippen LogP contribution in [0.3, 0.4) is 0 Å². The van der Waals surface area contributed by atoms with Gasteiger partial charge in [-0.3, -0.25) is 4.79 Å². The molecule has 0 radical (unpaired) electrons. The maximum atomic E-state index is 12.1.